The lowest BCUT2D eigenvalue weighted by atomic mass is 10.0. The topological polar surface area (TPSA) is 66.5 Å². The molecule has 24 heavy (non-hydrogen) atoms. The van der Waals surface area contributed by atoms with Crippen molar-refractivity contribution in [3.8, 4) is 6.07 Å². The second-order valence-corrected chi connectivity index (χ2v) is 5.86. The molecule has 0 saturated carbocycles. The maximum Gasteiger partial charge on any atom is 0.226 e. The Kier molecular flexibility index (Phi) is 3.52. The Morgan fingerprint density at radius 3 is 2.54 bits per heavy atom. The highest BCUT2D eigenvalue weighted by molar-refractivity contribution is 6.30. The van der Waals surface area contributed by atoms with Crippen LogP contribution in [0.4, 0.5) is 5.95 Å². The molecule has 6 heteroatoms. The molecule has 116 valence electrons. The highest BCUT2D eigenvalue weighted by Crippen LogP contribution is 2.32. The van der Waals surface area contributed by atoms with E-state index in [-0.39, 0.29) is 6.04 Å². The number of nitrogens with one attached hydrogen (secondary N) is 1. The van der Waals surface area contributed by atoms with Gasteiger partial charge in [0, 0.05) is 10.7 Å². The van der Waals surface area contributed by atoms with Crippen molar-refractivity contribution < 1.29 is 0 Å². The van der Waals surface area contributed by atoms with Crippen LogP contribution in [0.3, 0.4) is 0 Å². The summed E-state index contributed by atoms with van der Waals surface area (Å²) >= 11 is 5.97. The monoisotopic (exact) mass is 333 g/mol. The number of rotatable bonds is 2. The van der Waals surface area contributed by atoms with Gasteiger partial charge in [-0.05, 0) is 41.5 Å². The zero-order valence-corrected chi connectivity index (χ0v) is 13.3. The van der Waals surface area contributed by atoms with Crippen molar-refractivity contribution in [3.05, 3.63) is 82.6 Å². The second-order valence-electron chi connectivity index (χ2n) is 5.42. The van der Waals surface area contributed by atoms with Crippen LogP contribution in [0.5, 0.6) is 0 Å². The molecule has 1 aliphatic rings. The number of nitriles is 1. The van der Waals surface area contributed by atoms with E-state index < -0.39 is 0 Å². The number of fused-ring (bicyclic) bond motifs is 1. The summed E-state index contributed by atoms with van der Waals surface area (Å²) in [6.45, 7) is 0. The first-order chi connectivity index (χ1) is 11.7. The molecule has 0 bridgehead atoms. The van der Waals surface area contributed by atoms with Gasteiger partial charge in [-0.2, -0.15) is 15.3 Å². The number of hydrogen-bond donors (Lipinski definition) is 1. The van der Waals surface area contributed by atoms with E-state index in [9.17, 15) is 0 Å². The average molecular weight is 334 g/mol. The van der Waals surface area contributed by atoms with Crippen molar-refractivity contribution in [2.24, 2.45) is 0 Å². The van der Waals surface area contributed by atoms with Crippen LogP contribution in [0.25, 0.3) is 5.70 Å². The van der Waals surface area contributed by atoms with Gasteiger partial charge >= 0.3 is 0 Å². The maximum absolute atomic E-state index is 8.97. The summed E-state index contributed by atoms with van der Waals surface area (Å²) in [5.74, 6) is 0.678. The molecule has 1 unspecified atom stereocenters. The SMILES string of the molecule is N#Cc1ccc(C2C=C(c3ccc(Cl)cc3)Nc3ncnn32)cc1. The third-order valence-electron chi connectivity index (χ3n) is 3.94. The highest BCUT2D eigenvalue weighted by Gasteiger charge is 2.23. The van der Waals surface area contributed by atoms with E-state index in [2.05, 4.69) is 27.5 Å². The Morgan fingerprint density at radius 1 is 1.08 bits per heavy atom. The van der Waals surface area contributed by atoms with E-state index in [1.807, 2.05) is 53.2 Å². The third-order valence-corrected chi connectivity index (χ3v) is 4.20. The highest BCUT2D eigenvalue weighted by atomic mass is 35.5. The fraction of sp³-hybridized carbons (Fsp3) is 0.0556. The minimum absolute atomic E-state index is 0.0952. The van der Waals surface area contributed by atoms with Crippen molar-refractivity contribution >= 4 is 23.2 Å². The Morgan fingerprint density at radius 2 is 1.83 bits per heavy atom. The van der Waals surface area contributed by atoms with Crippen LogP contribution in [0, 0.1) is 11.3 Å². The first-order valence-electron chi connectivity index (χ1n) is 7.39. The molecule has 0 spiro atoms. The van der Waals surface area contributed by atoms with E-state index >= 15 is 0 Å². The number of halogens is 1. The van der Waals surface area contributed by atoms with Gasteiger partial charge in [-0.15, -0.1) is 0 Å². The zero-order chi connectivity index (χ0) is 16.5. The number of anilines is 1. The van der Waals surface area contributed by atoms with Crippen molar-refractivity contribution in [3.63, 3.8) is 0 Å². The fourth-order valence-corrected chi connectivity index (χ4v) is 2.85. The largest absolute Gasteiger partial charge is 0.324 e. The number of benzene rings is 2. The number of aromatic nitrogens is 3. The van der Waals surface area contributed by atoms with Gasteiger partial charge in [-0.25, -0.2) is 4.68 Å². The predicted molar refractivity (Wildman–Crippen MR) is 92.4 cm³/mol. The summed E-state index contributed by atoms with van der Waals surface area (Å²) in [4.78, 5) is 4.28. The quantitative estimate of drug-likeness (QED) is 0.773. The molecular weight excluding hydrogens is 322 g/mol. The Hall–Kier alpha value is -3.10. The van der Waals surface area contributed by atoms with Crippen LogP contribution in [-0.2, 0) is 0 Å². The van der Waals surface area contributed by atoms with E-state index in [1.54, 1.807) is 0 Å². The van der Waals surface area contributed by atoms with Crippen LogP contribution in [0.2, 0.25) is 5.02 Å². The van der Waals surface area contributed by atoms with Gasteiger partial charge in [-0.1, -0.05) is 35.9 Å². The summed E-state index contributed by atoms with van der Waals surface area (Å²) < 4.78 is 1.82. The molecule has 0 amide bonds. The summed E-state index contributed by atoms with van der Waals surface area (Å²) in [6, 6.07) is 17.2. The number of hydrogen-bond acceptors (Lipinski definition) is 4. The molecule has 0 radical (unpaired) electrons. The molecule has 0 aliphatic carbocycles. The summed E-state index contributed by atoms with van der Waals surface area (Å²) in [5, 5.41) is 17.3. The van der Waals surface area contributed by atoms with Crippen molar-refractivity contribution in [2.45, 2.75) is 6.04 Å². The average Bonchev–Trinajstić information content (AvgIpc) is 3.10. The van der Waals surface area contributed by atoms with Gasteiger partial charge in [0.1, 0.15) is 12.4 Å². The van der Waals surface area contributed by atoms with Gasteiger partial charge in [0.15, 0.2) is 0 Å². The first kappa shape index (κ1) is 14.5. The van der Waals surface area contributed by atoms with E-state index in [4.69, 9.17) is 16.9 Å². The number of allylic oxidation sites excluding steroid dienone is 1. The Balaban J connectivity index is 1.78. The molecule has 5 nitrogen and oxygen atoms in total. The molecule has 1 aliphatic heterocycles. The third kappa shape index (κ3) is 2.53. The van der Waals surface area contributed by atoms with Crippen molar-refractivity contribution in [2.75, 3.05) is 5.32 Å². The molecule has 1 atom stereocenters. The van der Waals surface area contributed by atoms with Crippen LogP contribution in [0.15, 0.2) is 60.9 Å². The minimum atomic E-state index is -0.0952. The summed E-state index contributed by atoms with van der Waals surface area (Å²) in [7, 11) is 0. The van der Waals surface area contributed by atoms with Crippen molar-refractivity contribution in [1.29, 1.82) is 5.26 Å². The van der Waals surface area contributed by atoms with Gasteiger partial charge in [0.05, 0.1) is 11.6 Å². The smallest absolute Gasteiger partial charge is 0.226 e. The summed E-state index contributed by atoms with van der Waals surface area (Å²) in [5.41, 5.74) is 3.64. The first-order valence-corrected chi connectivity index (χ1v) is 7.77. The lowest BCUT2D eigenvalue weighted by Gasteiger charge is -2.24. The predicted octanol–water partition coefficient (Wildman–Crippen LogP) is 3.86. The van der Waals surface area contributed by atoms with Crippen LogP contribution in [-0.4, -0.2) is 14.8 Å². The van der Waals surface area contributed by atoms with Gasteiger partial charge in [0.25, 0.3) is 0 Å². The maximum atomic E-state index is 8.97. The van der Waals surface area contributed by atoms with Crippen molar-refractivity contribution in [1.82, 2.24) is 14.8 Å². The number of nitrogens with zero attached hydrogens (tertiary/aromatic N) is 4. The zero-order valence-electron chi connectivity index (χ0n) is 12.5. The van der Waals surface area contributed by atoms with Crippen LogP contribution < -0.4 is 5.32 Å². The van der Waals surface area contributed by atoms with Crippen LogP contribution >= 0.6 is 11.6 Å². The molecular formula is C18H12ClN5. The normalized spacial score (nSPS) is 15.8. The van der Waals surface area contributed by atoms with Gasteiger partial charge in [0.2, 0.25) is 5.95 Å². The molecule has 1 aromatic heterocycles. The second kappa shape index (κ2) is 5.84. The standard InChI is InChI=1S/C18H12ClN5/c19-15-7-5-13(6-8-15)16-9-17(24-18(23-16)21-11-22-24)14-3-1-12(10-20)2-4-14/h1-9,11,17H,(H,21,22,23). The van der Waals surface area contributed by atoms with Gasteiger partial charge < -0.3 is 5.32 Å². The molecule has 0 saturated heterocycles. The van der Waals surface area contributed by atoms with E-state index in [0.29, 0.717) is 16.5 Å². The molecule has 1 N–H and O–H groups in total. The minimum Gasteiger partial charge on any atom is -0.324 e. The van der Waals surface area contributed by atoms with E-state index in [1.165, 1.54) is 6.33 Å². The van der Waals surface area contributed by atoms with Crippen LogP contribution in [0.1, 0.15) is 22.7 Å². The summed E-state index contributed by atoms with van der Waals surface area (Å²) in [6.07, 6.45) is 3.62. The Labute approximate surface area is 143 Å². The molecule has 2 aromatic carbocycles. The van der Waals surface area contributed by atoms with E-state index in [0.717, 1.165) is 16.8 Å². The molecule has 3 aromatic rings. The van der Waals surface area contributed by atoms with Gasteiger partial charge in [-0.3, -0.25) is 0 Å². The fourth-order valence-electron chi connectivity index (χ4n) is 2.72. The molecule has 2 heterocycles. The lowest BCUT2D eigenvalue weighted by Crippen LogP contribution is -2.20. The Bertz CT molecular complexity index is 948. The molecule has 4 rings (SSSR count). The molecule has 0 fully saturated rings. The lowest BCUT2D eigenvalue weighted by molar-refractivity contribution is 0.612.